The van der Waals surface area contributed by atoms with Gasteiger partial charge in [-0.05, 0) is 123 Å². The molecule has 15 rings (SSSR count). The van der Waals surface area contributed by atoms with E-state index in [0.29, 0.717) is 11.6 Å². The van der Waals surface area contributed by atoms with Gasteiger partial charge >= 0.3 is 0 Å². The standard InChI is InChI=1S/C67H42N4/c1-67(2)59-37-39(63-55-23-11-13-25-61(55)68-65(70-63)41-29-31-51-47-19-5-3-15-43(47)45-17-7-9-21-49(45)57(51)35-41)27-33-53(59)54-34-28-40(38-60(54)67)64-56-24-12-14-26-62(56)69-66(71-64)42-30-32-52-48-20-6-4-16-44(48)46-18-8-10-22-50(46)58(52)36-42/h3-38H,1-2H3. The number of fused-ring (bicyclic) bond motifs is 17. The van der Waals surface area contributed by atoms with Crippen molar-refractivity contribution in [1.29, 1.82) is 0 Å². The number of benzene rings is 12. The van der Waals surface area contributed by atoms with Crippen LogP contribution in [0, 0.1) is 0 Å². The number of hydrogen-bond donors (Lipinski definition) is 0. The second-order valence-corrected chi connectivity index (χ2v) is 19.7. The van der Waals surface area contributed by atoms with Crippen LogP contribution in [0.5, 0.6) is 0 Å². The van der Waals surface area contributed by atoms with Crippen LogP contribution in [0.2, 0.25) is 0 Å². The number of aromatic nitrogens is 4. The first-order valence-corrected chi connectivity index (χ1v) is 24.5. The van der Waals surface area contributed by atoms with E-state index in [1.807, 2.05) is 0 Å². The monoisotopic (exact) mass is 902 g/mol. The first kappa shape index (κ1) is 39.8. The lowest BCUT2D eigenvalue weighted by molar-refractivity contribution is 0.661. The summed E-state index contributed by atoms with van der Waals surface area (Å²) in [6, 6.07) is 79.0. The third kappa shape index (κ3) is 5.92. The molecule has 4 nitrogen and oxygen atoms in total. The molecule has 14 aromatic rings. The van der Waals surface area contributed by atoms with Gasteiger partial charge in [0.15, 0.2) is 11.6 Å². The third-order valence-corrected chi connectivity index (χ3v) is 15.4. The number of para-hydroxylation sites is 2. The van der Waals surface area contributed by atoms with Gasteiger partial charge < -0.3 is 0 Å². The SMILES string of the molecule is CC1(C)c2cc(-c3nc(-c4ccc5c6ccccc6c6ccccc6c5c4)nc4ccccc34)ccc2-c2ccc(-c3nc(-c4ccc5c6ccccc6c6ccccc6c5c4)nc4ccccc34)cc21. The molecule has 4 heteroatoms. The summed E-state index contributed by atoms with van der Waals surface area (Å²) in [6.45, 7) is 4.70. The van der Waals surface area contributed by atoms with Crippen molar-refractivity contribution >= 4 is 86.4 Å². The topological polar surface area (TPSA) is 51.6 Å². The zero-order valence-corrected chi connectivity index (χ0v) is 39.1. The minimum absolute atomic E-state index is 0.307. The van der Waals surface area contributed by atoms with Crippen LogP contribution in [0.15, 0.2) is 218 Å². The van der Waals surface area contributed by atoms with E-state index in [2.05, 4.69) is 232 Å². The van der Waals surface area contributed by atoms with Gasteiger partial charge in [0, 0.05) is 38.4 Å². The van der Waals surface area contributed by atoms with Crippen LogP contribution in [-0.2, 0) is 5.41 Å². The van der Waals surface area contributed by atoms with Gasteiger partial charge in [0.25, 0.3) is 0 Å². The summed E-state index contributed by atoms with van der Waals surface area (Å²) in [5.41, 5.74) is 12.6. The minimum Gasteiger partial charge on any atom is -0.228 e. The molecular formula is C67H42N4. The first-order chi connectivity index (χ1) is 34.9. The van der Waals surface area contributed by atoms with Gasteiger partial charge in [0.05, 0.1) is 22.4 Å². The van der Waals surface area contributed by atoms with Crippen LogP contribution in [-0.4, -0.2) is 19.9 Å². The molecule has 0 amide bonds. The largest absolute Gasteiger partial charge is 0.228 e. The fraction of sp³-hybridized carbons (Fsp3) is 0.0448. The lowest BCUT2D eigenvalue weighted by Crippen LogP contribution is -2.15. The van der Waals surface area contributed by atoms with E-state index < -0.39 is 0 Å². The van der Waals surface area contributed by atoms with Crippen LogP contribution in [0.1, 0.15) is 25.0 Å². The van der Waals surface area contributed by atoms with E-state index in [1.165, 1.54) is 86.9 Å². The van der Waals surface area contributed by atoms with Gasteiger partial charge in [-0.2, -0.15) is 0 Å². The normalized spacial score (nSPS) is 13.0. The Morgan fingerprint density at radius 3 is 0.915 bits per heavy atom. The molecule has 2 aromatic heterocycles. The molecule has 0 N–H and O–H groups in total. The average Bonchev–Trinajstić information content (AvgIpc) is 3.66. The molecule has 1 aliphatic rings. The highest BCUT2D eigenvalue weighted by Crippen LogP contribution is 2.51. The van der Waals surface area contributed by atoms with Crippen molar-refractivity contribution < 1.29 is 0 Å². The van der Waals surface area contributed by atoms with Gasteiger partial charge in [-0.25, -0.2) is 19.9 Å². The predicted octanol–water partition coefficient (Wildman–Crippen LogP) is 17.5. The molecular weight excluding hydrogens is 861 g/mol. The van der Waals surface area contributed by atoms with E-state index in [1.54, 1.807) is 0 Å². The molecule has 71 heavy (non-hydrogen) atoms. The molecule has 0 aliphatic heterocycles. The molecule has 0 saturated carbocycles. The van der Waals surface area contributed by atoms with Crippen LogP contribution in [0.3, 0.4) is 0 Å². The summed E-state index contributed by atoms with van der Waals surface area (Å²) in [5.74, 6) is 1.43. The molecule has 0 atom stereocenters. The summed E-state index contributed by atoms with van der Waals surface area (Å²) < 4.78 is 0. The van der Waals surface area contributed by atoms with Crippen LogP contribution >= 0.6 is 0 Å². The van der Waals surface area contributed by atoms with E-state index in [9.17, 15) is 0 Å². The third-order valence-electron chi connectivity index (χ3n) is 15.4. The van der Waals surface area contributed by atoms with Gasteiger partial charge in [0.2, 0.25) is 0 Å². The van der Waals surface area contributed by atoms with E-state index >= 15 is 0 Å². The van der Waals surface area contributed by atoms with Crippen molar-refractivity contribution in [1.82, 2.24) is 19.9 Å². The molecule has 330 valence electrons. The highest BCUT2D eigenvalue weighted by Gasteiger charge is 2.36. The second-order valence-electron chi connectivity index (χ2n) is 19.7. The Hall–Kier alpha value is -9.12. The van der Waals surface area contributed by atoms with E-state index in [-0.39, 0.29) is 5.41 Å². The van der Waals surface area contributed by atoms with E-state index in [4.69, 9.17) is 19.9 Å². The zero-order valence-electron chi connectivity index (χ0n) is 39.1. The Labute approximate surface area is 409 Å². The van der Waals surface area contributed by atoms with Gasteiger partial charge in [-0.15, -0.1) is 0 Å². The average molecular weight is 903 g/mol. The lowest BCUT2D eigenvalue weighted by Gasteiger charge is -2.23. The number of rotatable bonds is 4. The molecule has 0 bridgehead atoms. The molecule has 1 aliphatic carbocycles. The highest BCUT2D eigenvalue weighted by molar-refractivity contribution is 6.27. The maximum absolute atomic E-state index is 5.45. The summed E-state index contributed by atoms with van der Waals surface area (Å²) in [5, 5.41) is 16.9. The lowest BCUT2D eigenvalue weighted by atomic mass is 9.81. The Balaban J connectivity index is 0.841. The maximum Gasteiger partial charge on any atom is 0.160 e. The Morgan fingerprint density at radius 2 is 0.549 bits per heavy atom. The van der Waals surface area contributed by atoms with Crippen molar-refractivity contribution in [2.24, 2.45) is 0 Å². The Kier molecular flexibility index (Phi) is 8.38. The summed E-state index contributed by atoms with van der Waals surface area (Å²) >= 11 is 0. The molecule has 2 heterocycles. The molecule has 0 radical (unpaired) electrons. The zero-order chi connectivity index (χ0) is 47.0. The highest BCUT2D eigenvalue weighted by atomic mass is 14.9. The second kappa shape index (κ2) is 14.9. The molecule has 0 fully saturated rings. The van der Waals surface area contributed by atoms with Crippen molar-refractivity contribution in [3.63, 3.8) is 0 Å². The van der Waals surface area contributed by atoms with Crippen molar-refractivity contribution in [2.75, 3.05) is 0 Å². The number of hydrogen-bond acceptors (Lipinski definition) is 4. The number of nitrogens with zero attached hydrogens (tertiary/aromatic N) is 4. The summed E-state index contributed by atoms with van der Waals surface area (Å²) in [7, 11) is 0. The molecule has 0 spiro atoms. The smallest absolute Gasteiger partial charge is 0.160 e. The van der Waals surface area contributed by atoms with Crippen LogP contribution in [0.4, 0.5) is 0 Å². The summed E-state index contributed by atoms with van der Waals surface area (Å²) in [6.07, 6.45) is 0. The van der Waals surface area contributed by atoms with E-state index in [0.717, 1.165) is 55.4 Å². The molecule has 12 aromatic carbocycles. The molecule has 0 saturated heterocycles. The van der Waals surface area contributed by atoms with Gasteiger partial charge in [0.1, 0.15) is 0 Å². The summed E-state index contributed by atoms with van der Waals surface area (Å²) in [4.78, 5) is 21.3. The van der Waals surface area contributed by atoms with Crippen molar-refractivity contribution in [3.8, 4) is 56.4 Å². The quantitative estimate of drug-likeness (QED) is 0.165. The van der Waals surface area contributed by atoms with Gasteiger partial charge in [-0.3, -0.25) is 0 Å². The van der Waals surface area contributed by atoms with Crippen LogP contribution in [0.25, 0.3) is 143 Å². The maximum atomic E-state index is 5.45. The molecule has 0 unspecified atom stereocenters. The Morgan fingerprint density at radius 1 is 0.254 bits per heavy atom. The fourth-order valence-corrected chi connectivity index (χ4v) is 12.0. The predicted molar refractivity (Wildman–Crippen MR) is 297 cm³/mol. The van der Waals surface area contributed by atoms with Crippen LogP contribution < -0.4 is 0 Å². The minimum atomic E-state index is -0.307. The Bertz CT molecular complexity index is 4260. The van der Waals surface area contributed by atoms with Crippen molar-refractivity contribution in [3.05, 3.63) is 230 Å². The van der Waals surface area contributed by atoms with Gasteiger partial charge in [-0.1, -0.05) is 196 Å². The fourth-order valence-electron chi connectivity index (χ4n) is 12.0. The van der Waals surface area contributed by atoms with Crippen molar-refractivity contribution in [2.45, 2.75) is 19.3 Å². The first-order valence-electron chi connectivity index (χ1n) is 24.5.